The van der Waals surface area contributed by atoms with Gasteiger partial charge in [-0.2, -0.15) is 5.10 Å². The second-order valence-electron chi connectivity index (χ2n) is 4.63. The number of carbonyl (C=O) groups is 1. The van der Waals surface area contributed by atoms with Crippen LogP contribution in [0.1, 0.15) is 15.9 Å². The van der Waals surface area contributed by atoms with Gasteiger partial charge in [0.15, 0.2) is 11.5 Å². The van der Waals surface area contributed by atoms with Gasteiger partial charge >= 0.3 is 0 Å². The average molecular weight is 349 g/mol. The number of hydrogen-bond acceptors (Lipinski definition) is 5. The number of hydrogen-bond donors (Lipinski definition) is 1. The van der Waals surface area contributed by atoms with Crippen LogP contribution in [0.3, 0.4) is 0 Å². The summed E-state index contributed by atoms with van der Waals surface area (Å²) in [5.74, 6) is 1.07. The Morgan fingerprint density at radius 3 is 2.46 bits per heavy atom. The van der Waals surface area contributed by atoms with Gasteiger partial charge in [0.1, 0.15) is 0 Å². The lowest BCUT2D eigenvalue weighted by molar-refractivity contribution is 0.0955. The molecule has 1 N–H and O–H groups in total. The molecule has 0 fully saturated rings. The summed E-state index contributed by atoms with van der Waals surface area (Å²) in [5, 5.41) is 4.42. The number of amides is 1. The van der Waals surface area contributed by atoms with Crippen LogP contribution in [0.5, 0.6) is 17.2 Å². The molecule has 24 heavy (non-hydrogen) atoms. The molecule has 2 aromatic rings. The van der Waals surface area contributed by atoms with E-state index in [1.54, 1.807) is 36.4 Å². The smallest absolute Gasteiger partial charge is 0.271 e. The second-order valence-corrected chi connectivity index (χ2v) is 5.07. The maximum atomic E-state index is 12.0. The summed E-state index contributed by atoms with van der Waals surface area (Å²) in [4.78, 5) is 12.0. The lowest BCUT2D eigenvalue weighted by atomic mass is 10.2. The monoisotopic (exact) mass is 348 g/mol. The van der Waals surface area contributed by atoms with Crippen molar-refractivity contribution in [3.8, 4) is 17.2 Å². The molecule has 0 unspecified atom stereocenters. The van der Waals surface area contributed by atoms with Crippen LogP contribution in [0, 0.1) is 0 Å². The number of hydrazone groups is 1. The van der Waals surface area contributed by atoms with Gasteiger partial charge in [0.25, 0.3) is 5.91 Å². The molecule has 0 saturated heterocycles. The highest BCUT2D eigenvalue weighted by atomic mass is 35.5. The number of rotatable bonds is 6. The minimum absolute atomic E-state index is 0.367. The van der Waals surface area contributed by atoms with Crippen LogP contribution in [0.2, 0.25) is 5.02 Å². The number of carbonyl (C=O) groups excluding carboxylic acids is 1. The molecule has 0 bridgehead atoms. The van der Waals surface area contributed by atoms with Crippen LogP contribution in [0.25, 0.3) is 0 Å². The number of nitrogens with zero attached hydrogens (tertiary/aromatic N) is 1. The van der Waals surface area contributed by atoms with E-state index in [0.717, 1.165) is 0 Å². The van der Waals surface area contributed by atoms with Gasteiger partial charge in [-0.15, -0.1) is 0 Å². The summed E-state index contributed by atoms with van der Waals surface area (Å²) in [6.45, 7) is 0. The number of halogens is 1. The molecule has 0 aliphatic carbocycles. The van der Waals surface area contributed by atoms with Crippen molar-refractivity contribution in [1.29, 1.82) is 0 Å². The first kappa shape index (κ1) is 17.6. The number of ether oxygens (including phenoxy) is 3. The molecule has 2 rings (SSSR count). The van der Waals surface area contributed by atoms with Crippen molar-refractivity contribution in [2.45, 2.75) is 0 Å². The molecular weight excluding hydrogens is 332 g/mol. The van der Waals surface area contributed by atoms with E-state index in [2.05, 4.69) is 10.5 Å². The fourth-order valence-corrected chi connectivity index (χ4v) is 2.27. The number of methoxy groups -OCH3 is 3. The van der Waals surface area contributed by atoms with Crippen molar-refractivity contribution in [2.24, 2.45) is 5.10 Å². The quantitative estimate of drug-likeness (QED) is 0.643. The van der Waals surface area contributed by atoms with Crippen molar-refractivity contribution < 1.29 is 19.0 Å². The van der Waals surface area contributed by atoms with Gasteiger partial charge < -0.3 is 14.2 Å². The van der Waals surface area contributed by atoms with Crippen LogP contribution in [0.15, 0.2) is 41.5 Å². The minimum Gasteiger partial charge on any atom is -0.493 e. The summed E-state index contributed by atoms with van der Waals surface area (Å²) >= 11 is 5.86. The summed E-state index contributed by atoms with van der Waals surface area (Å²) in [6, 6.07) is 10.1. The summed E-state index contributed by atoms with van der Waals surface area (Å²) < 4.78 is 15.9. The summed E-state index contributed by atoms with van der Waals surface area (Å²) in [5.41, 5.74) is 3.48. The third-order valence-electron chi connectivity index (χ3n) is 3.19. The van der Waals surface area contributed by atoms with Gasteiger partial charge in [0.2, 0.25) is 5.75 Å². The van der Waals surface area contributed by atoms with E-state index >= 15 is 0 Å². The molecule has 0 radical (unpaired) electrons. The van der Waals surface area contributed by atoms with E-state index < -0.39 is 0 Å². The molecule has 126 valence electrons. The van der Waals surface area contributed by atoms with Crippen LogP contribution in [0.4, 0.5) is 0 Å². The topological polar surface area (TPSA) is 69.2 Å². The lowest BCUT2D eigenvalue weighted by Gasteiger charge is -2.13. The van der Waals surface area contributed by atoms with Crippen LogP contribution in [-0.2, 0) is 0 Å². The molecule has 0 heterocycles. The van der Waals surface area contributed by atoms with E-state index in [9.17, 15) is 4.79 Å². The van der Waals surface area contributed by atoms with Gasteiger partial charge in [-0.1, -0.05) is 17.7 Å². The molecule has 0 saturated carbocycles. The zero-order valence-corrected chi connectivity index (χ0v) is 14.3. The Labute approximate surface area is 145 Å². The molecule has 2 aromatic carbocycles. The highest BCUT2D eigenvalue weighted by Crippen LogP contribution is 2.38. The standard InChI is InChI=1S/C17H17ClN2O4/c1-22-14-8-7-12(15(23-2)16(14)24-3)10-19-20-17(21)11-5-4-6-13(18)9-11/h4-10H,1-3H3,(H,20,21). The van der Waals surface area contributed by atoms with E-state index in [1.807, 2.05) is 0 Å². The Kier molecular flexibility index (Phi) is 6.03. The van der Waals surface area contributed by atoms with E-state index in [1.165, 1.54) is 27.5 Å². The third-order valence-corrected chi connectivity index (χ3v) is 3.43. The fraction of sp³-hybridized carbons (Fsp3) is 0.176. The molecule has 7 heteroatoms. The van der Waals surface area contributed by atoms with E-state index in [4.69, 9.17) is 25.8 Å². The lowest BCUT2D eigenvalue weighted by Crippen LogP contribution is -2.17. The SMILES string of the molecule is COc1ccc(C=NNC(=O)c2cccc(Cl)c2)c(OC)c1OC. The van der Waals surface area contributed by atoms with Gasteiger partial charge in [0, 0.05) is 16.1 Å². The first-order valence-electron chi connectivity index (χ1n) is 6.98. The Morgan fingerprint density at radius 1 is 1.08 bits per heavy atom. The molecule has 0 atom stereocenters. The first-order valence-corrected chi connectivity index (χ1v) is 7.36. The van der Waals surface area contributed by atoms with Crippen LogP contribution < -0.4 is 19.6 Å². The summed E-state index contributed by atoms with van der Waals surface area (Å²) in [7, 11) is 4.57. The molecule has 6 nitrogen and oxygen atoms in total. The van der Waals surface area contributed by atoms with Crippen molar-refractivity contribution in [1.82, 2.24) is 5.43 Å². The fourth-order valence-electron chi connectivity index (χ4n) is 2.08. The van der Waals surface area contributed by atoms with Crippen molar-refractivity contribution >= 4 is 23.7 Å². The highest BCUT2D eigenvalue weighted by molar-refractivity contribution is 6.30. The summed E-state index contributed by atoms with van der Waals surface area (Å²) in [6.07, 6.45) is 1.46. The van der Waals surface area contributed by atoms with Crippen molar-refractivity contribution in [2.75, 3.05) is 21.3 Å². The largest absolute Gasteiger partial charge is 0.493 e. The molecule has 0 aromatic heterocycles. The zero-order valence-electron chi connectivity index (χ0n) is 13.5. The Balaban J connectivity index is 2.18. The van der Waals surface area contributed by atoms with Gasteiger partial charge in [-0.05, 0) is 30.3 Å². The average Bonchev–Trinajstić information content (AvgIpc) is 2.60. The molecule has 0 aliphatic rings. The van der Waals surface area contributed by atoms with Crippen LogP contribution in [-0.4, -0.2) is 33.5 Å². The van der Waals surface area contributed by atoms with Crippen molar-refractivity contribution in [3.63, 3.8) is 0 Å². The van der Waals surface area contributed by atoms with E-state index in [-0.39, 0.29) is 5.91 Å². The zero-order chi connectivity index (χ0) is 17.5. The maximum absolute atomic E-state index is 12.0. The second kappa shape index (κ2) is 8.21. The normalized spacial score (nSPS) is 10.5. The predicted octanol–water partition coefficient (Wildman–Crippen LogP) is 3.13. The molecule has 0 spiro atoms. The van der Waals surface area contributed by atoms with E-state index in [0.29, 0.717) is 33.4 Å². The number of benzene rings is 2. The third kappa shape index (κ3) is 3.97. The Bertz CT molecular complexity index is 762. The molecule has 1 amide bonds. The van der Waals surface area contributed by atoms with Gasteiger partial charge in [0.05, 0.1) is 27.5 Å². The maximum Gasteiger partial charge on any atom is 0.271 e. The van der Waals surface area contributed by atoms with Gasteiger partial charge in [-0.3, -0.25) is 4.79 Å². The Morgan fingerprint density at radius 2 is 1.83 bits per heavy atom. The minimum atomic E-state index is -0.367. The Hall–Kier alpha value is -2.73. The number of nitrogens with one attached hydrogen (secondary N) is 1. The highest BCUT2D eigenvalue weighted by Gasteiger charge is 2.14. The van der Waals surface area contributed by atoms with Crippen LogP contribution >= 0.6 is 11.6 Å². The van der Waals surface area contributed by atoms with Crippen molar-refractivity contribution in [3.05, 3.63) is 52.5 Å². The molecule has 0 aliphatic heterocycles. The first-order chi connectivity index (χ1) is 11.6. The van der Waals surface area contributed by atoms with Gasteiger partial charge in [-0.25, -0.2) is 5.43 Å². The molecular formula is C17H17ClN2O4. The predicted molar refractivity (Wildman–Crippen MR) is 92.6 cm³/mol.